The molecule has 0 aromatic heterocycles. The molecule has 0 unspecified atom stereocenters. The summed E-state index contributed by atoms with van der Waals surface area (Å²) in [7, 11) is 0. The van der Waals surface area contributed by atoms with E-state index in [9.17, 15) is 5.11 Å². The van der Waals surface area contributed by atoms with Gasteiger partial charge in [0, 0.05) is 12.5 Å². The van der Waals surface area contributed by atoms with Gasteiger partial charge in [-0.05, 0) is 6.42 Å². The lowest BCUT2D eigenvalue weighted by molar-refractivity contribution is 0.0397. The zero-order chi connectivity index (χ0) is 6.43. The first-order valence-electron chi connectivity index (χ1n) is 3.27. The smallest absolute Gasteiger partial charge is 0.110 e. The molecule has 1 aliphatic heterocycles. The molecule has 3 heteroatoms. The summed E-state index contributed by atoms with van der Waals surface area (Å²) < 4.78 is 5.04. The molecule has 0 radical (unpaired) electrons. The fourth-order valence-corrected chi connectivity index (χ4v) is 1.54. The largest absolute Gasteiger partial charge is 0.396 e. The Morgan fingerprint density at radius 2 is 2.33 bits per heavy atom. The number of hydrogen-bond acceptors (Lipinski definition) is 3. The molecular formula is C6H10O3. The van der Waals surface area contributed by atoms with E-state index < -0.39 is 6.10 Å². The van der Waals surface area contributed by atoms with Crippen molar-refractivity contribution >= 4 is 0 Å². The molecule has 52 valence electrons. The van der Waals surface area contributed by atoms with Crippen LogP contribution in [0.25, 0.3) is 0 Å². The fraction of sp³-hybridized carbons (Fsp3) is 1.00. The van der Waals surface area contributed by atoms with Crippen molar-refractivity contribution in [2.45, 2.75) is 24.7 Å². The Hall–Kier alpha value is -0.120. The normalized spacial score (nSPS) is 55.3. The van der Waals surface area contributed by atoms with E-state index in [1.54, 1.807) is 0 Å². The van der Waals surface area contributed by atoms with Gasteiger partial charge in [-0.15, -0.1) is 0 Å². The Balaban J connectivity index is 1.99. The van der Waals surface area contributed by atoms with Crippen LogP contribution in [0.4, 0.5) is 0 Å². The molecule has 2 rings (SSSR count). The average molecular weight is 130 g/mol. The maximum atomic E-state index is 9.21. The Labute approximate surface area is 53.3 Å². The third-order valence-corrected chi connectivity index (χ3v) is 2.21. The van der Waals surface area contributed by atoms with E-state index in [2.05, 4.69) is 0 Å². The Morgan fingerprint density at radius 1 is 1.56 bits per heavy atom. The fourth-order valence-electron chi connectivity index (χ4n) is 1.54. The van der Waals surface area contributed by atoms with Crippen LogP contribution in [0.15, 0.2) is 0 Å². The van der Waals surface area contributed by atoms with Gasteiger partial charge in [0.05, 0.1) is 12.2 Å². The average Bonchev–Trinajstić information content (AvgIpc) is 2.55. The lowest BCUT2D eigenvalue weighted by atomic mass is 10.1. The molecule has 0 bridgehead atoms. The van der Waals surface area contributed by atoms with Gasteiger partial charge in [-0.2, -0.15) is 0 Å². The minimum absolute atomic E-state index is 0.0575. The predicted molar refractivity (Wildman–Crippen MR) is 29.9 cm³/mol. The monoisotopic (exact) mass is 130 g/mol. The molecule has 2 aliphatic rings. The minimum Gasteiger partial charge on any atom is -0.396 e. The summed E-state index contributed by atoms with van der Waals surface area (Å²) in [5, 5.41) is 17.9. The van der Waals surface area contributed by atoms with E-state index in [0.717, 1.165) is 6.42 Å². The van der Waals surface area contributed by atoms with Crippen molar-refractivity contribution in [1.82, 2.24) is 0 Å². The van der Waals surface area contributed by atoms with Crippen LogP contribution >= 0.6 is 0 Å². The Bertz CT molecular complexity index is 125. The van der Waals surface area contributed by atoms with Crippen molar-refractivity contribution in [3.63, 3.8) is 0 Å². The summed E-state index contributed by atoms with van der Waals surface area (Å²) in [5.74, 6) is 0.0775. The molecule has 1 heterocycles. The summed E-state index contributed by atoms with van der Waals surface area (Å²) in [4.78, 5) is 0. The molecule has 1 aliphatic carbocycles. The second kappa shape index (κ2) is 1.68. The summed E-state index contributed by atoms with van der Waals surface area (Å²) in [6.45, 7) is 0.0948. The van der Waals surface area contributed by atoms with E-state index in [-0.39, 0.29) is 24.7 Å². The molecule has 0 aromatic rings. The summed E-state index contributed by atoms with van der Waals surface area (Å²) in [5.41, 5.74) is 0. The minimum atomic E-state index is -0.403. The second-order valence-electron chi connectivity index (χ2n) is 2.81. The van der Waals surface area contributed by atoms with E-state index in [4.69, 9.17) is 9.84 Å². The first-order valence-corrected chi connectivity index (χ1v) is 3.27. The lowest BCUT2D eigenvalue weighted by Gasteiger charge is -2.12. The molecule has 3 nitrogen and oxygen atoms in total. The molecule has 0 spiro atoms. The molecule has 2 N–H and O–H groups in total. The topological polar surface area (TPSA) is 53.0 Å². The number of aliphatic hydroxyl groups excluding tert-OH is 2. The molecule has 0 aromatic carbocycles. The van der Waals surface area contributed by atoms with E-state index in [0.29, 0.717) is 0 Å². The highest BCUT2D eigenvalue weighted by molar-refractivity contribution is 5.02. The number of aliphatic hydroxyl groups is 2. The van der Waals surface area contributed by atoms with Crippen molar-refractivity contribution in [1.29, 1.82) is 0 Å². The van der Waals surface area contributed by atoms with Crippen molar-refractivity contribution in [3.8, 4) is 0 Å². The van der Waals surface area contributed by atoms with Crippen LogP contribution in [-0.4, -0.2) is 35.1 Å². The van der Waals surface area contributed by atoms with Gasteiger partial charge in [0.25, 0.3) is 0 Å². The highest BCUT2D eigenvalue weighted by atomic mass is 16.6. The molecule has 1 saturated heterocycles. The summed E-state index contributed by atoms with van der Waals surface area (Å²) in [6.07, 6.45) is 0.752. The first-order chi connectivity index (χ1) is 4.33. The maximum absolute atomic E-state index is 9.21. The summed E-state index contributed by atoms with van der Waals surface area (Å²) >= 11 is 0. The number of rotatable bonds is 1. The van der Waals surface area contributed by atoms with Gasteiger partial charge >= 0.3 is 0 Å². The lowest BCUT2D eigenvalue weighted by Crippen LogP contribution is -2.23. The Kier molecular flexibility index (Phi) is 1.06. The van der Waals surface area contributed by atoms with E-state index >= 15 is 0 Å². The van der Waals surface area contributed by atoms with Crippen molar-refractivity contribution in [3.05, 3.63) is 0 Å². The third-order valence-electron chi connectivity index (χ3n) is 2.21. The van der Waals surface area contributed by atoms with Gasteiger partial charge in [-0.3, -0.25) is 0 Å². The molecule has 1 saturated carbocycles. The van der Waals surface area contributed by atoms with Crippen LogP contribution in [0.3, 0.4) is 0 Å². The van der Waals surface area contributed by atoms with E-state index in [1.165, 1.54) is 0 Å². The van der Waals surface area contributed by atoms with E-state index in [1.807, 2.05) is 0 Å². The van der Waals surface area contributed by atoms with Crippen LogP contribution in [0, 0.1) is 5.92 Å². The highest BCUT2D eigenvalue weighted by Gasteiger charge is 2.54. The van der Waals surface area contributed by atoms with Gasteiger partial charge in [0.15, 0.2) is 0 Å². The summed E-state index contributed by atoms with van der Waals surface area (Å²) in [6, 6.07) is 0. The number of hydrogen-bond donors (Lipinski definition) is 2. The zero-order valence-electron chi connectivity index (χ0n) is 5.03. The quantitative estimate of drug-likeness (QED) is 0.453. The van der Waals surface area contributed by atoms with Crippen molar-refractivity contribution in [2.24, 2.45) is 5.92 Å². The third kappa shape index (κ3) is 0.689. The van der Waals surface area contributed by atoms with Crippen molar-refractivity contribution < 1.29 is 14.9 Å². The Morgan fingerprint density at radius 3 is 2.67 bits per heavy atom. The second-order valence-corrected chi connectivity index (χ2v) is 2.81. The number of epoxide rings is 1. The molecule has 2 fully saturated rings. The standard InChI is InChI=1S/C6H10O3/c7-2-3-1-4-6(9-4)5(3)8/h3-8H,1-2H2/t3-,4+,5-,6+/m1/s1. The maximum Gasteiger partial charge on any atom is 0.110 e. The molecular weight excluding hydrogens is 120 g/mol. The van der Waals surface area contributed by atoms with Crippen LogP contribution in [-0.2, 0) is 4.74 Å². The van der Waals surface area contributed by atoms with Crippen LogP contribution in [0.5, 0.6) is 0 Å². The van der Waals surface area contributed by atoms with Gasteiger partial charge in [-0.25, -0.2) is 0 Å². The molecule has 9 heavy (non-hydrogen) atoms. The van der Waals surface area contributed by atoms with Gasteiger partial charge in [0.1, 0.15) is 6.10 Å². The first kappa shape index (κ1) is 5.65. The number of fused-ring (bicyclic) bond motifs is 1. The van der Waals surface area contributed by atoms with Crippen LogP contribution < -0.4 is 0 Å². The zero-order valence-corrected chi connectivity index (χ0v) is 5.03. The van der Waals surface area contributed by atoms with Crippen LogP contribution in [0.2, 0.25) is 0 Å². The van der Waals surface area contributed by atoms with Crippen molar-refractivity contribution in [2.75, 3.05) is 6.61 Å². The van der Waals surface area contributed by atoms with Crippen LogP contribution in [0.1, 0.15) is 6.42 Å². The van der Waals surface area contributed by atoms with Gasteiger partial charge in [0.2, 0.25) is 0 Å². The number of ether oxygens (including phenoxy) is 1. The molecule has 4 atom stereocenters. The SMILES string of the molecule is OC[C@H]1C[C@@H]2O[C@@H]2[C@@H]1O. The van der Waals surface area contributed by atoms with Gasteiger partial charge < -0.3 is 14.9 Å². The molecule has 0 amide bonds. The predicted octanol–water partition coefficient (Wildman–Crippen LogP) is -0.873. The highest BCUT2D eigenvalue weighted by Crippen LogP contribution is 2.41. The van der Waals surface area contributed by atoms with Gasteiger partial charge in [-0.1, -0.05) is 0 Å².